The molecule has 3 nitrogen and oxygen atoms in total. The van der Waals surface area contributed by atoms with Gasteiger partial charge in [-0.3, -0.25) is 0 Å². The van der Waals surface area contributed by atoms with Crippen molar-refractivity contribution in [1.82, 2.24) is 4.72 Å². The Morgan fingerprint density at radius 1 is 1.05 bits per heavy atom. The zero-order valence-electron chi connectivity index (χ0n) is 12.1. The minimum absolute atomic E-state index is 0.0662. The summed E-state index contributed by atoms with van der Waals surface area (Å²) < 4.78 is 52.5. The van der Waals surface area contributed by atoms with Crippen molar-refractivity contribution >= 4 is 10.0 Å². The van der Waals surface area contributed by atoms with Gasteiger partial charge in [-0.2, -0.15) is 0 Å². The smallest absolute Gasteiger partial charge is 0.215 e. The van der Waals surface area contributed by atoms with Crippen LogP contribution in [0.2, 0.25) is 0 Å². The highest BCUT2D eigenvalue weighted by Crippen LogP contribution is 2.10. The molecule has 0 bridgehead atoms. The standard InChI is InChI=1S/C16H17F2NO2S/c1-12-2-4-13(5-3-12)11-22(20,21)19-9-8-14-6-7-15(17)10-16(14)18/h2-7,10,19H,8-9,11H2,1H3. The monoisotopic (exact) mass is 325 g/mol. The van der Waals surface area contributed by atoms with Crippen LogP contribution in [0.4, 0.5) is 8.78 Å². The maximum Gasteiger partial charge on any atom is 0.215 e. The molecule has 0 spiro atoms. The molecule has 0 radical (unpaired) electrons. The highest BCUT2D eigenvalue weighted by molar-refractivity contribution is 7.88. The van der Waals surface area contributed by atoms with Gasteiger partial charge in [-0.25, -0.2) is 21.9 Å². The van der Waals surface area contributed by atoms with Gasteiger partial charge in [0.15, 0.2) is 0 Å². The van der Waals surface area contributed by atoms with Gasteiger partial charge in [0.25, 0.3) is 0 Å². The number of hydrogen-bond acceptors (Lipinski definition) is 2. The maximum absolute atomic E-state index is 13.4. The first-order valence-electron chi connectivity index (χ1n) is 6.82. The fraction of sp³-hybridized carbons (Fsp3) is 0.250. The van der Waals surface area contributed by atoms with E-state index in [1.807, 2.05) is 19.1 Å². The quantitative estimate of drug-likeness (QED) is 0.887. The summed E-state index contributed by atoms with van der Waals surface area (Å²) in [5.41, 5.74) is 2.02. The molecule has 0 unspecified atom stereocenters. The van der Waals surface area contributed by atoms with E-state index in [0.717, 1.165) is 17.7 Å². The molecule has 2 aromatic carbocycles. The van der Waals surface area contributed by atoms with Crippen LogP contribution in [0.3, 0.4) is 0 Å². The molecule has 0 saturated heterocycles. The van der Waals surface area contributed by atoms with Gasteiger partial charge < -0.3 is 0 Å². The van der Waals surface area contributed by atoms with Crippen molar-refractivity contribution in [2.45, 2.75) is 19.1 Å². The van der Waals surface area contributed by atoms with E-state index >= 15 is 0 Å². The van der Waals surface area contributed by atoms with Crippen LogP contribution in [0.5, 0.6) is 0 Å². The van der Waals surface area contributed by atoms with Crippen LogP contribution in [0, 0.1) is 18.6 Å². The van der Waals surface area contributed by atoms with Gasteiger partial charge in [0.2, 0.25) is 10.0 Å². The van der Waals surface area contributed by atoms with Gasteiger partial charge in [-0.05, 0) is 30.5 Å². The lowest BCUT2D eigenvalue weighted by molar-refractivity contribution is 0.565. The van der Waals surface area contributed by atoms with Gasteiger partial charge in [0.05, 0.1) is 5.75 Å². The SMILES string of the molecule is Cc1ccc(CS(=O)(=O)NCCc2ccc(F)cc2F)cc1. The second-order valence-corrected chi connectivity index (χ2v) is 6.93. The zero-order valence-corrected chi connectivity index (χ0v) is 13.0. The van der Waals surface area contributed by atoms with Crippen LogP contribution < -0.4 is 4.72 Å². The molecule has 0 amide bonds. The van der Waals surface area contributed by atoms with Crippen molar-refractivity contribution in [3.05, 3.63) is 70.8 Å². The Balaban J connectivity index is 1.91. The highest BCUT2D eigenvalue weighted by atomic mass is 32.2. The second-order valence-electron chi connectivity index (χ2n) is 5.12. The molecule has 0 aliphatic rings. The molecular formula is C16H17F2NO2S. The number of halogens is 2. The van der Waals surface area contributed by atoms with Crippen LogP contribution in [0.1, 0.15) is 16.7 Å². The van der Waals surface area contributed by atoms with Gasteiger partial charge >= 0.3 is 0 Å². The second kappa shape index (κ2) is 6.98. The fourth-order valence-electron chi connectivity index (χ4n) is 2.02. The van der Waals surface area contributed by atoms with E-state index < -0.39 is 21.7 Å². The number of nitrogens with one attached hydrogen (secondary N) is 1. The van der Waals surface area contributed by atoms with Crippen molar-refractivity contribution in [3.8, 4) is 0 Å². The van der Waals surface area contributed by atoms with E-state index in [1.165, 1.54) is 6.07 Å². The van der Waals surface area contributed by atoms with E-state index in [0.29, 0.717) is 5.56 Å². The summed E-state index contributed by atoms with van der Waals surface area (Å²) in [6.07, 6.45) is 0.166. The summed E-state index contributed by atoms with van der Waals surface area (Å²) in [4.78, 5) is 0. The van der Waals surface area contributed by atoms with Crippen LogP contribution in [-0.4, -0.2) is 15.0 Å². The minimum Gasteiger partial charge on any atom is -0.215 e. The molecule has 0 saturated carbocycles. The summed E-state index contributed by atoms with van der Waals surface area (Å²) in [6, 6.07) is 10.5. The van der Waals surface area contributed by atoms with Crippen molar-refractivity contribution in [2.24, 2.45) is 0 Å². The van der Waals surface area contributed by atoms with Gasteiger partial charge in [0.1, 0.15) is 11.6 Å². The first kappa shape index (κ1) is 16.6. The highest BCUT2D eigenvalue weighted by Gasteiger charge is 2.12. The molecule has 22 heavy (non-hydrogen) atoms. The Morgan fingerprint density at radius 2 is 1.73 bits per heavy atom. The lowest BCUT2D eigenvalue weighted by Gasteiger charge is -2.08. The largest absolute Gasteiger partial charge is 0.215 e. The molecule has 0 aliphatic heterocycles. The Morgan fingerprint density at radius 3 is 2.36 bits per heavy atom. The number of rotatable bonds is 6. The van der Waals surface area contributed by atoms with Crippen LogP contribution in [0.15, 0.2) is 42.5 Å². The topological polar surface area (TPSA) is 46.2 Å². The molecule has 1 N–H and O–H groups in total. The fourth-order valence-corrected chi connectivity index (χ4v) is 3.17. The van der Waals surface area contributed by atoms with Gasteiger partial charge in [-0.1, -0.05) is 35.9 Å². The van der Waals surface area contributed by atoms with Crippen LogP contribution in [0.25, 0.3) is 0 Å². The molecule has 2 rings (SSSR count). The Hall–Kier alpha value is -1.79. The number of sulfonamides is 1. The maximum atomic E-state index is 13.4. The summed E-state index contributed by atoms with van der Waals surface area (Å²) in [5.74, 6) is -1.45. The molecule has 2 aromatic rings. The average molecular weight is 325 g/mol. The molecule has 0 fully saturated rings. The number of hydrogen-bond donors (Lipinski definition) is 1. The third-order valence-electron chi connectivity index (χ3n) is 3.21. The van der Waals surface area contributed by atoms with E-state index in [9.17, 15) is 17.2 Å². The lowest BCUT2D eigenvalue weighted by Crippen LogP contribution is -2.27. The molecular weight excluding hydrogens is 308 g/mol. The molecule has 0 aliphatic carbocycles. The predicted molar refractivity (Wildman–Crippen MR) is 81.9 cm³/mol. The van der Waals surface area contributed by atoms with E-state index in [1.54, 1.807) is 12.1 Å². The van der Waals surface area contributed by atoms with Crippen molar-refractivity contribution in [1.29, 1.82) is 0 Å². The molecule has 0 atom stereocenters. The molecule has 6 heteroatoms. The van der Waals surface area contributed by atoms with Crippen molar-refractivity contribution < 1.29 is 17.2 Å². The van der Waals surface area contributed by atoms with Crippen LogP contribution >= 0.6 is 0 Å². The Bertz CT molecular complexity index is 743. The number of benzene rings is 2. The third-order valence-corrected chi connectivity index (χ3v) is 4.57. The third kappa shape index (κ3) is 4.89. The van der Waals surface area contributed by atoms with Crippen molar-refractivity contribution in [3.63, 3.8) is 0 Å². The average Bonchev–Trinajstić information content (AvgIpc) is 2.43. The van der Waals surface area contributed by atoms with E-state index in [2.05, 4.69) is 4.72 Å². The van der Waals surface area contributed by atoms with Crippen molar-refractivity contribution in [2.75, 3.05) is 6.54 Å². The van der Waals surface area contributed by atoms with Gasteiger partial charge in [-0.15, -0.1) is 0 Å². The Kier molecular flexibility index (Phi) is 5.26. The normalized spacial score (nSPS) is 11.6. The van der Waals surface area contributed by atoms with Gasteiger partial charge in [0, 0.05) is 12.6 Å². The van der Waals surface area contributed by atoms with E-state index in [-0.39, 0.29) is 24.3 Å². The van der Waals surface area contributed by atoms with Crippen LogP contribution in [-0.2, 0) is 22.2 Å². The summed E-state index contributed by atoms with van der Waals surface area (Å²) in [7, 11) is -3.49. The Labute approximate surface area is 129 Å². The molecule has 0 aromatic heterocycles. The number of aryl methyl sites for hydroxylation is 1. The van der Waals surface area contributed by atoms with E-state index in [4.69, 9.17) is 0 Å². The lowest BCUT2D eigenvalue weighted by atomic mass is 10.1. The summed E-state index contributed by atoms with van der Waals surface area (Å²) in [6.45, 7) is 1.99. The molecule has 118 valence electrons. The minimum atomic E-state index is -3.49. The first-order valence-corrected chi connectivity index (χ1v) is 8.48. The molecule has 0 heterocycles. The first-order chi connectivity index (χ1) is 10.4. The summed E-state index contributed by atoms with van der Waals surface area (Å²) >= 11 is 0. The predicted octanol–water partition coefficient (Wildman–Crippen LogP) is 2.94. The zero-order chi connectivity index (χ0) is 16.2. The summed E-state index contributed by atoms with van der Waals surface area (Å²) in [5, 5.41) is 0.